The smallest absolute Gasteiger partial charge is 0.0600 e. The SMILES string of the molecule is C[C@]12CCC=C(Br)[C@@H]1CC[C@@H]2O. The van der Waals surface area contributed by atoms with Crippen LogP contribution in [-0.2, 0) is 0 Å². The van der Waals surface area contributed by atoms with Gasteiger partial charge < -0.3 is 5.11 Å². The van der Waals surface area contributed by atoms with Gasteiger partial charge in [0.2, 0.25) is 0 Å². The van der Waals surface area contributed by atoms with Gasteiger partial charge in [-0.15, -0.1) is 0 Å². The van der Waals surface area contributed by atoms with E-state index in [1.54, 1.807) is 0 Å². The van der Waals surface area contributed by atoms with Crippen molar-refractivity contribution in [3.8, 4) is 0 Å². The molecule has 1 saturated carbocycles. The lowest BCUT2D eigenvalue weighted by atomic mass is 9.72. The Bertz CT molecular complexity index is 224. The molecule has 2 rings (SSSR count). The molecule has 0 spiro atoms. The van der Waals surface area contributed by atoms with Gasteiger partial charge in [0.25, 0.3) is 0 Å². The first-order chi connectivity index (χ1) is 5.64. The van der Waals surface area contributed by atoms with Gasteiger partial charge in [0.15, 0.2) is 0 Å². The quantitative estimate of drug-likeness (QED) is 0.679. The molecule has 0 aromatic carbocycles. The lowest BCUT2D eigenvalue weighted by Crippen LogP contribution is -2.34. The van der Waals surface area contributed by atoms with Gasteiger partial charge in [-0.2, -0.15) is 0 Å². The summed E-state index contributed by atoms with van der Waals surface area (Å²) >= 11 is 3.61. The first kappa shape index (κ1) is 8.76. The van der Waals surface area contributed by atoms with Gasteiger partial charge in [-0.3, -0.25) is 0 Å². The second-order valence-corrected chi connectivity index (χ2v) is 5.19. The summed E-state index contributed by atoms with van der Waals surface area (Å²) in [6.07, 6.45) is 6.57. The van der Waals surface area contributed by atoms with Crippen molar-refractivity contribution in [2.45, 2.75) is 38.7 Å². The van der Waals surface area contributed by atoms with E-state index in [0.29, 0.717) is 5.92 Å². The van der Waals surface area contributed by atoms with Crippen LogP contribution in [-0.4, -0.2) is 11.2 Å². The Hall–Kier alpha value is 0.180. The normalized spacial score (nSPS) is 47.1. The number of aliphatic hydroxyl groups excluding tert-OH is 1. The number of allylic oxidation sites excluding steroid dienone is 2. The third-order valence-electron chi connectivity index (χ3n) is 3.64. The molecule has 0 unspecified atom stereocenters. The van der Waals surface area contributed by atoms with Crippen molar-refractivity contribution >= 4 is 15.9 Å². The van der Waals surface area contributed by atoms with Crippen molar-refractivity contribution in [2.75, 3.05) is 0 Å². The molecule has 0 bridgehead atoms. The Morgan fingerprint density at radius 1 is 1.58 bits per heavy atom. The molecule has 0 aromatic heterocycles. The van der Waals surface area contributed by atoms with Crippen LogP contribution in [0, 0.1) is 11.3 Å². The first-order valence-corrected chi connectivity index (χ1v) is 5.47. The largest absolute Gasteiger partial charge is 0.393 e. The molecule has 68 valence electrons. The van der Waals surface area contributed by atoms with Crippen molar-refractivity contribution < 1.29 is 5.11 Å². The molecule has 0 radical (unpaired) electrons. The van der Waals surface area contributed by atoms with Gasteiger partial charge in [-0.05, 0) is 36.1 Å². The topological polar surface area (TPSA) is 20.2 Å². The zero-order valence-corrected chi connectivity index (χ0v) is 8.97. The van der Waals surface area contributed by atoms with E-state index in [0.717, 1.165) is 25.7 Å². The molecular formula is C10H15BrO. The van der Waals surface area contributed by atoms with E-state index in [1.165, 1.54) is 4.48 Å². The summed E-state index contributed by atoms with van der Waals surface area (Å²) in [5.41, 5.74) is 0.160. The van der Waals surface area contributed by atoms with E-state index < -0.39 is 0 Å². The highest BCUT2D eigenvalue weighted by atomic mass is 79.9. The summed E-state index contributed by atoms with van der Waals surface area (Å²) in [4.78, 5) is 0. The highest BCUT2D eigenvalue weighted by molar-refractivity contribution is 9.11. The molecule has 0 aromatic rings. The van der Waals surface area contributed by atoms with Crippen LogP contribution in [0.4, 0.5) is 0 Å². The molecule has 2 aliphatic rings. The zero-order valence-electron chi connectivity index (χ0n) is 7.39. The average molecular weight is 231 g/mol. The van der Waals surface area contributed by atoms with Crippen molar-refractivity contribution in [3.63, 3.8) is 0 Å². The number of halogens is 1. The maximum atomic E-state index is 9.85. The first-order valence-electron chi connectivity index (χ1n) is 4.68. The standard InChI is InChI=1S/C10H15BrO/c1-10-6-2-3-8(11)7(10)4-5-9(10)12/h3,7,9,12H,2,4-6H2,1H3/t7-,9-,10-/m0/s1. The molecule has 0 heterocycles. The molecule has 0 aliphatic heterocycles. The summed E-state index contributed by atoms with van der Waals surface area (Å²) in [5.74, 6) is 0.584. The lowest BCUT2D eigenvalue weighted by Gasteiger charge is -2.37. The molecular weight excluding hydrogens is 216 g/mol. The minimum Gasteiger partial charge on any atom is -0.393 e. The van der Waals surface area contributed by atoms with E-state index >= 15 is 0 Å². The fourth-order valence-electron chi connectivity index (χ4n) is 2.67. The molecule has 1 N–H and O–H groups in total. The van der Waals surface area contributed by atoms with Gasteiger partial charge in [0.05, 0.1) is 6.10 Å². The van der Waals surface area contributed by atoms with E-state index in [1.807, 2.05) is 0 Å². The van der Waals surface area contributed by atoms with Crippen molar-refractivity contribution in [2.24, 2.45) is 11.3 Å². The highest BCUT2D eigenvalue weighted by Gasteiger charge is 2.47. The summed E-state index contributed by atoms with van der Waals surface area (Å²) in [7, 11) is 0. The van der Waals surface area contributed by atoms with Crippen LogP contribution in [0.1, 0.15) is 32.6 Å². The molecule has 2 heteroatoms. The summed E-state index contributed by atoms with van der Waals surface area (Å²) in [6, 6.07) is 0. The second kappa shape index (κ2) is 2.85. The van der Waals surface area contributed by atoms with Crippen LogP contribution in [0.2, 0.25) is 0 Å². The maximum absolute atomic E-state index is 9.85. The zero-order chi connectivity index (χ0) is 8.77. The molecule has 1 fully saturated rings. The predicted octanol–water partition coefficient (Wildman–Crippen LogP) is 2.84. The van der Waals surface area contributed by atoms with Crippen molar-refractivity contribution in [1.29, 1.82) is 0 Å². The molecule has 1 nitrogen and oxygen atoms in total. The Morgan fingerprint density at radius 3 is 3.00 bits per heavy atom. The van der Waals surface area contributed by atoms with Gasteiger partial charge >= 0.3 is 0 Å². The van der Waals surface area contributed by atoms with Gasteiger partial charge in [0.1, 0.15) is 0 Å². The lowest BCUT2D eigenvalue weighted by molar-refractivity contribution is 0.0401. The van der Waals surface area contributed by atoms with E-state index in [2.05, 4.69) is 28.9 Å². The number of hydrogen-bond donors (Lipinski definition) is 1. The van der Waals surface area contributed by atoms with Crippen LogP contribution >= 0.6 is 15.9 Å². The predicted molar refractivity (Wildman–Crippen MR) is 53.1 cm³/mol. The molecule has 2 aliphatic carbocycles. The van der Waals surface area contributed by atoms with E-state index in [-0.39, 0.29) is 11.5 Å². The van der Waals surface area contributed by atoms with Gasteiger partial charge in [-0.25, -0.2) is 0 Å². The highest BCUT2D eigenvalue weighted by Crippen LogP contribution is 2.53. The van der Waals surface area contributed by atoms with Crippen LogP contribution < -0.4 is 0 Å². The Labute approximate surface area is 82.0 Å². The molecule has 3 atom stereocenters. The van der Waals surface area contributed by atoms with Gasteiger partial charge in [-0.1, -0.05) is 28.9 Å². The Morgan fingerprint density at radius 2 is 2.33 bits per heavy atom. The van der Waals surface area contributed by atoms with Crippen LogP contribution in [0.25, 0.3) is 0 Å². The molecule has 0 saturated heterocycles. The maximum Gasteiger partial charge on any atom is 0.0600 e. The second-order valence-electron chi connectivity index (χ2n) is 4.28. The van der Waals surface area contributed by atoms with Gasteiger partial charge in [0, 0.05) is 5.41 Å². The number of aliphatic hydroxyl groups is 1. The Kier molecular flexibility index (Phi) is 2.08. The number of rotatable bonds is 0. The number of hydrogen-bond acceptors (Lipinski definition) is 1. The minimum atomic E-state index is -0.0799. The van der Waals surface area contributed by atoms with E-state index in [4.69, 9.17) is 0 Å². The van der Waals surface area contributed by atoms with Crippen molar-refractivity contribution in [1.82, 2.24) is 0 Å². The van der Waals surface area contributed by atoms with Crippen LogP contribution in [0.5, 0.6) is 0 Å². The third-order valence-corrected chi connectivity index (χ3v) is 4.52. The fourth-order valence-corrected chi connectivity index (χ4v) is 3.65. The average Bonchev–Trinajstić information content (AvgIpc) is 2.30. The monoisotopic (exact) mass is 230 g/mol. The van der Waals surface area contributed by atoms with Crippen molar-refractivity contribution in [3.05, 3.63) is 10.6 Å². The summed E-state index contributed by atoms with van der Waals surface area (Å²) in [5, 5.41) is 9.85. The molecule has 12 heavy (non-hydrogen) atoms. The van der Waals surface area contributed by atoms with E-state index in [9.17, 15) is 5.11 Å². The Balaban J connectivity index is 2.31. The fraction of sp³-hybridized carbons (Fsp3) is 0.800. The van der Waals surface area contributed by atoms with Crippen LogP contribution in [0.3, 0.4) is 0 Å². The summed E-state index contributed by atoms with van der Waals surface area (Å²) in [6.45, 7) is 2.23. The number of fused-ring (bicyclic) bond motifs is 1. The third kappa shape index (κ3) is 1.08. The molecule has 0 amide bonds. The minimum absolute atomic E-state index is 0.0799. The summed E-state index contributed by atoms with van der Waals surface area (Å²) < 4.78 is 1.33. The van der Waals surface area contributed by atoms with Crippen LogP contribution in [0.15, 0.2) is 10.6 Å².